The van der Waals surface area contributed by atoms with Gasteiger partial charge in [0, 0.05) is 24.4 Å². The van der Waals surface area contributed by atoms with Crippen LogP contribution in [-0.4, -0.2) is 58.9 Å². The molecule has 1 N–H and O–H groups in total. The zero-order valence-corrected chi connectivity index (χ0v) is 16.2. The number of benzene rings is 2. The number of hydrogen-bond acceptors (Lipinski definition) is 6. The first-order valence-electron chi connectivity index (χ1n) is 8.53. The molecule has 0 saturated heterocycles. The van der Waals surface area contributed by atoms with E-state index in [9.17, 15) is 4.79 Å². The normalized spacial score (nSPS) is 10.4. The van der Waals surface area contributed by atoms with E-state index >= 15 is 0 Å². The maximum atomic E-state index is 12.3. The van der Waals surface area contributed by atoms with Crippen molar-refractivity contribution in [1.82, 2.24) is 4.90 Å². The predicted molar refractivity (Wildman–Crippen MR) is 104 cm³/mol. The van der Waals surface area contributed by atoms with Gasteiger partial charge in [-0.05, 0) is 19.2 Å². The Morgan fingerprint density at radius 1 is 1.00 bits per heavy atom. The van der Waals surface area contributed by atoms with Gasteiger partial charge >= 0.3 is 0 Å². The van der Waals surface area contributed by atoms with E-state index in [2.05, 4.69) is 5.32 Å². The molecule has 0 fully saturated rings. The zero-order valence-electron chi connectivity index (χ0n) is 16.2. The van der Waals surface area contributed by atoms with Crippen molar-refractivity contribution in [2.24, 2.45) is 0 Å². The summed E-state index contributed by atoms with van der Waals surface area (Å²) in [7, 11) is 6.46. The minimum atomic E-state index is -0.147. The monoisotopic (exact) mass is 374 g/mol. The Morgan fingerprint density at radius 2 is 1.63 bits per heavy atom. The summed E-state index contributed by atoms with van der Waals surface area (Å²) in [5, 5.41) is 2.84. The molecule has 0 aliphatic carbocycles. The van der Waals surface area contributed by atoms with E-state index < -0.39 is 0 Å². The molecule has 1 amide bonds. The third kappa shape index (κ3) is 6.07. The number of methoxy groups -OCH3 is 3. The number of nitrogens with one attached hydrogen (secondary N) is 1. The van der Waals surface area contributed by atoms with Crippen LogP contribution in [0, 0.1) is 0 Å². The lowest BCUT2D eigenvalue weighted by molar-refractivity contribution is -0.117. The van der Waals surface area contributed by atoms with Gasteiger partial charge in [-0.3, -0.25) is 9.69 Å². The molecule has 0 bridgehead atoms. The lowest BCUT2D eigenvalue weighted by Crippen LogP contribution is -2.33. The smallest absolute Gasteiger partial charge is 0.238 e. The molecule has 0 aliphatic heterocycles. The van der Waals surface area contributed by atoms with Crippen molar-refractivity contribution < 1.29 is 23.7 Å². The van der Waals surface area contributed by atoms with Crippen LogP contribution in [-0.2, 0) is 4.79 Å². The molecule has 146 valence electrons. The fourth-order valence-corrected chi connectivity index (χ4v) is 2.51. The number of carbonyl (C=O) groups is 1. The highest BCUT2D eigenvalue weighted by atomic mass is 16.5. The Hall–Kier alpha value is -2.93. The van der Waals surface area contributed by atoms with Crippen molar-refractivity contribution in [1.29, 1.82) is 0 Å². The SMILES string of the molecule is COc1cc(NC(=O)CN(C)CCOc2ccccc2)cc(OC)c1OC. The molecule has 0 spiro atoms. The Kier molecular flexibility index (Phi) is 7.76. The first-order valence-corrected chi connectivity index (χ1v) is 8.53. The Balaban J connectivity index is 1.87. The minimum absolute atomic E-state index is 0.147. The van der Waals surface area contributed by atoms with Crippen molar-refractivity contribution in [3.05, 3.63) is 42.5 Å². The first-order chi connectivity index (χ1) is 13.1. The van der Waals surface area contributed by atoms with Gasteiger partial charge in [0.2, 0.25) is 11.7 Å². The lowest BCUT2D eigenvalue weighted by atomic mass is 10.2. The molecule has 0 aliphatic rings. The molecule has 0 aromatic heterocycles. The molecule has 0 saturated carbocycles. The summed E-state index contributed by atoms with van der Waals surface area (Å²) in [4.78, 5) is 14.2. The molecular weight excluding hydrogens is 348 g/mol. The number of carbonyl (C=O) groups excluding carboxylic acids is 1. The van der Waals surface area contributed by atoms with Crippen molar-refractivity contribution in [2.45, 2.75) is 0 Å². The van der Waals surface area contributed by atoms with Crippen molar-refractivity contribution in [3.8, 4) is 23.0 Å². The molecule has 0 radical (unpaired) electrons. The van der Waals surface area contributed by atoms with Gasteiger partial charge in [-0.1, -0.05) is 18.2 Å². The van der Waals surface area contributed by atoms with Crippen molar-refractivity contribution in [3.63, 3.8) is 0 Å². The zero-order chi connectivity index (χ0) is 19.6. The van der Waals surface area contributed by atoms with Crippen LogP contribution in [0.5, 0.6) is 23.0 Å². The standard InChI is InChI=1S/C20H26N2O5/c1-22(10-11-27-16-8-6-5-7-9-16)14-19(23)21-15-12-17(24-2)20(26-4)18(13-15)25-3/h5-9,12-13H,10-11,14H2,1-4H3,(H,21,23). The highest BCUT2D eigenvalue weighted by Gasteiger charge is 2.15. The average Bonchev–Trinajstić information content (AvgIpc) is 2.67. The number of ether oxygens (including phenoxy) is 4. The molecule has 2 rings (SSSR count). The summed E-state index contributed by atoms with van der Waals surface area (Å²) in [5.74, 6) is 2.11. The number of likely N-dealkylation sites (N-methyl/N-ethyl adjacent to an activating group) is 1. The molecule has 0 atom stereocenters. The first kappa shape index (κ1) is 20.4. The number of rotatable bonds is 10. The molecular formula is C20H26N2O5. The van der Waals surface area contributed by atoms with Crippen LogP contribution in [0.15, 0.2) is 42.5 Å². The average molecular weight is 374 g/mol. The number of amides is 1. The Labute approximate surface area is 159 Å². The Bertz CT molecular complexity index is 711. The van der Waals surface area contributed by atoms with E-state index in [4.69, 9.17) is 18.9 Å². The van der Waals surface area contributed by atoms with Crippen molar-refractivity contribution in [2.75, 3.05) is 53.4 Å². The maximum absolute atomic E-state index is 12.3. The fourth-order valence-electron chi connectivity index (χ4n) is 2.51. The van der Waals surface area contributed by atoms with Crippen molar-refractivity contribution >= 4 is 11.6 Å². The van der Waals surface area contributed by atoms with Gasteiger partial charge in [-0.25, -0.2) is 0 Å². The number of hydrogen-bond donors (Lipinski definition) is 1. The summed E-state index contributed by atoms with van der Waals surface area (Å²) in [5.41, 5.74) is 0.573. The molecule has 2 aromatic rings. The quantitative estimate of drug-likeness (QED) is 0.690. The van der Waals surface area contributed by atoms with Gasteiger partial charge in [-0.2, -0.15) is 0 Å². The molecule has 0 unspecified atom stereocenters. The second kappa shape index (κ2) is 10.3. The van der Waals surface area contributed by atoms with Crippen LogP contribution in [0.2, 0.25) is 0 Å². The van der Waals surface area contributed by atoms with Gasteiger partial charge in [0.05, 0.1) is 27.9 Å². The highest BCUT2D eigenvalue weighted by molar-refractivity contribution is 5.93. The van der Waals surface area contributed by atoms with Crippen LogP contribution in [0.4, 0.5) is 5.69 Å². The van der Waals surface area contributed by atoms with E-state index in [1.165, 1.54) is 21.3 Å². The van der Waals surface area contributed by atoms with Gasteiger partial charge < -0.3 is 24.3 Å². The molecule has 0 heterocycles. The third-order valence-electron chi connectivity index (χ3n) is 3.85. The van der Waals surface area contributed by atoms with E-state index in [1.807, 2.05) is 42.3 Å². The van der Waals surface area contributed by atoms with Crippen LogP contribution >= 0.6 is 0 Å². The van der Waals surface area contributed by atoms with Gasteiger partial charge in [-0.15, -0.1) is 0 Å². The topological polar surface area (TPSA) is 69.3 Å². The predicted octanol–water partition coefficient (Wildman–Crippen LogP) is 2.66. The summed E-state index contributed by atoms with van der Waals surface area (Å²) >= 11 is 0. The van der Waals surface area contributed by atoms with Gasteiger partial charge in [0.25, 0.3) is 0 Å². The van der Waals surface area contributed by atoms with E-state index in [0.29, 0.717) is 36.1 Å². The van der Waals surface area contributed by atoms with E-state index in [-0.39, 0.29) is 12.5 Å². The van der Waals surface area contributed by atoms with Crippen LogP contribution in [0.1, 0.15) is 0 Å². The molecule has 2 aromatic carbocycles. The van der Waals surface area contributed by atoms with Crippen LogP contribution in [0.3, 0.4) is 0 Å². The summed E-state index contributed by atoms with van der Waals surface area (Å²) < 4.78 is 21.5. The maximum Gasteiger partial charge on any atom is 0.238 e. The third-order valence-corrected chi connectivity index (χ3v) is 3.85. The summed E-state index contributed by atoms with van der Waals surface area (Å²) in [6, 6.07) is 13.0. The molecule has 7 heteroatoms. The molecule has 27 heavy (non-hydrogen) atoms. The fraction of sp³-hybridized carbons (Fsp3) is 0.350. The van der Waals surface area contributed by atoms with Gasteiger partial charge in [0.15, 0.2) is 11.5 Å². The van der Waals surface area contributed by atoms with E-state index in [0.717, 1.165) is 5.75 Å². The minimum Gasteiger partial charge on any atom is -0.493 e. The lowest BCUT2D eigenvalue weighted by Gasteiger charge is -2.18. The summed E-state index contributed by atoms with van der Waals surface area (Å²) in [6.07, 6.45) is 0. The summed E-state index contributed by atoms with van der Waals surface area (Å²) in [6.45, 7) is 1.35. The number of nitrogens with zero attached hydrogens (tertiary/aromatic N) is 1. The van der Waals surface area contributed by atoms with E-state index in [1.54, 1.807) is 12.1 Å². The van der Waals surface area contributed by atoms with Crippen LogP contribution in [0.25, 0.3) is 0 Å². The number of para-hydroxylation sites is 1. The Morgan fingerprint density at radius 3 is 2.19 bits per heavy atom. The number of anilines is 1. The van der Waals surface area contributed by atoms with Crippen LogP contribution < -0.4 is 24.3 Å². The highest BCUT2D eigenvalue weighted by Crippen LogP contribution is 2.39. The second-order valence-electron chi connectivity index (χ2n) is 5.86. The molecule has 7 nitrogen and oxygen atoms in total. The largest absolute Gasteiger partial charge is 0.493 e. The second-order valence-corrected chi connectivity index (χ2v) is 5.86. The van der Waals surface area contributed by atoms with Gasteiger partial charge in [0.1, 0.15) is 12.4 Å².